The first kappa shape index (κ1) is 18.4. The molecule has 0 aliphatic carbocycles. The van der Waals surface area contributed by atoms with Crippen molar-refractivity contribution in [3.63, 3.8) is 0 Å². The molecule has 2 rings (SSSR count). The Hall–Kier alpha value is -1.92. The Kier molecular flexibility index (Phi) is 6.34. The van der Waals surface area contributed by atoms with Crippen molar-refractivity contribution in [3.8, 4) is 11.5 Å². The van der Waals surface area contributed by atoms with E-state index in [1.807, 2.05) is 12.1 Å². The first-order valence-corrected chi connectivity index (χ1v) is 9.33. The number of benzene rings is 2. The van der Waals surface area contributed by atoms with Crippen molar-refractivity contribution < 1.29 is 19.1 Å². The smallest absolute Gasteiger partial charge is 0.159 e. The molecule has 2 aromatic carbocycles. The van der Waals surface area contributed by atoms with E-state index < -0.39 is 0 Å². The molecule has 0 amide bonds. The van der Waals surface area contributed by atoms with Crippen molar-refractivity contribution in [2.24, 2.45) is 0 Å². The summed E-state index contributed by atoms with van der Waals surface area (Å²) in [7, 11) is 6.17. The molecule has 0 aromatic heterocycles. The highest BCUT2D eigenvalue weighted by Crippen LogP contribution is 2.45. The van der Waals surface area contributed by atoms with Gasteiger partial charge in [0.1, 0.15) is 11.5 Å². The van der Waals surface area contributed by atoms with Crippen molar-refractivity contribution in [1.29, 1.82) is 0 Å². The fourth-order valence-electron chi connectivity index (χ4n) is 2.00. The molecule has 0 radical (unpaired) electrons. The summed E-state index contributed by atoms with van der Waals surface area (Å²) in [6.45, 7) is 3.05. The minimum absolute atomic E-state index is 0.000932. The lowest BCUT2D eigenvalue weighted by Gasteiger charge is -2.11. The molecule has 0 bridgehead atoms. The van der Waals surface area contributed by atoms with Crippen molar-refractivity contribution in [2.75, 3.05) is 14.2 Å². The van der Waals surface area contributed by atoms with E-state index in [9.17, 15) is 9.59 Å². The fraction of sp³-hybridized carbons (Fsp3) is 0.222. The summed E-state index contributed by atoms with van der Waals surface area (Å²) >= 11 is 0. The van der Waals surface area contributed by atoms with Gasteiger partial charge in [0.25, 0.3) is 0 Å². The molecule has 0 saturated carbocycles. The predicted molar refractivity (Wildman–Crippen MR) is 97.7 cm³/mol. The van der Waals surface area contributed by atoms with Gasteiger partial charge in [-0.3, -0.25) is 9.59 Å². The topological polar surface area (TPSA) is 52.6 Å². The molecule has 126 valence electrons. The first-order valence-electron chi connectivity index (χ1n) is 7.18. The SMILES string of the molecule is COc1cc(C(C)=O)ccc1SSc1ccc(C(C)=O)cc1OC. The van der Waals surface area contributed by atoms with Gasteiger partial charge in [-0.1, -0.05) is 12.1 Å². The highest BCUT2D eigenvalue weighted by Gasteiger charge is 2.12. The van der Waals surface area contributed by atoms with E-state index in [1.54, 1.807) is 38.5 Å². The summed E-state index contributed by atoms with van der Waals surface area (Å²) < 4.78 is 10.7. The van der Waals surface area contributed by atoms with Crippen LogP contribution in [0.5, 0.6) is 11.5 Å². The van der Waals surface area contributed by atoms with Gasteiger partial charge < -0.3 is 9.47 Å². The summed E-state index contributed by atoms with van der Waals surface area (Å²) in [5.74, 6) is 1.30. The standard InChI is InChI=1S/C18H18O4S2/c1-11(19)13-5-7-17(15(9-13)21-3)23-24-18-8-6-14(12(2)20)10-16(18)22-4/h5-10H,1-4H3. The highest BCUT2D eigenvalue weighted by atomic mass is 33.1. The maximum Gasteiger partial charge on any atom is 0.159 e. The van der Waals surface area contributed by atoms with Crippen LogP contribution in [-0.4, -0.2) is 25.8 Å². The summed E-state index contributed by atoms with van der Waals surface area (Å²) in [4.78, 5) is 24.7. The van der Waals surface area contributed by atoms with Gasteiger partial charge in [0.15, 0.2) is 11.6 Å². The van der Waals surface area contributed by atoms with E-state index in [0.29, 0.717) is 22.6 Å². The molecule has 2 aromatic rings. The van der Waals surface area contributed by atoms with Crippen LogP contribution in [0.3, 0.4) is 0 Å². The minimum atomic E-state index is -0.000932. The molecule has 0 atom stereocenters. The lowest BCUT2D eigenvalue weighted by atomic mass is 10.1. The zero-order chi connectivity index (χ0) is 17.7. The quantitative estimate of drug-likeness (QED) is 0.515. The summed E-state index contributed by atoms with van der Waals surface area (Å²) in [5.41, 5.74) is 1.23. The number of hydrogen-bond donors (Lipinski definition) is 0. The van der Waals surface area contributed by atoms with Gasteiger partial charge in [0.2, 0.25) is 0 Å². The Morgan fingerprint density at radius 3 is 1.42 bits per heavy atom. The third kappa shape index (κ3) is 4.33. The zero-order valence-electron chi connectivity index (χ0n) is 13.9. The molecule has 0 spiro atoms. The maximum absolute atomic E-state index is 11.5. The van der Waals surface area contributed by atoms with Crippen LogP contribution in [0.15, 0.2) is 46.2 Å². The number of ketones is 2. The molecule has 24 heavy (non-hydrogen) atoms. The van der Waals surface area contributed by atoms with Gasteiger partial charge in [-0.2, -0.15) is 0 Å². The minimum Gasteiger partial charge on any atom is -0.496 e. The lowest BCUT2D eigenvalue weighted by Crippen LogP contribution is -1.95. The van der Waals surface area contributed by atoms with Crippen molar-refractivity contribution in [1.82, 2.24) is 0 Å². The predicted octanol–water partition coefficient (Wildman–Crippen LogP) is 4.91. The molecule has 0 heterocycles. The van der Waals surface area contributed by atoms with Crippen molar-refractivity contribution >= 4 is 33.2 Å². The van der Waals surface area contributed by atoms with Crippen LogP contribution in [0, 0.1) is 0 Å². The van der Waals surface area contributed by atoms with Gasteiger partial charge >= 0.3 is 0 Å². The van der Waals surface area contributed by atoms with E-state index in [2.05, 4.69) is 0 Å². The van der Waals surface area contributed by atoms with Crippen LogP contribution in [-0.2, 0) is 0 Å². The average Bonchev–Trinajstić information content (AvgIpc) is 2.59. The monoisotopic (exact) mass is 362 g/mol. The van der Waals surface area contributed by atoms with E-state index in [1.165, 1.54) is 35.4 Å². The second kappa shape index (κ2) is 8.26. The van der Waals surface area contributed by atoms with Gasteiger partial charge in [-0.25, -0.2) is 0 Å². The number of carbonyl (C=O) groups is 2. The first-order chi connectivity index (χ1) is 11.5. The van der Waals surface area contributed by atoms with Gasteiger partial charge in [-0.15, -0.1) is 0 Å². The van der Waals surface area contributed by atoms with Gasteiger partial charge in [-0.05, 0) is 59.7 Å². The van der Waals surface area contributed by atoms with Crippen LogP contribution in [0.2, 0.25) is 0 Å². The molecule has 0 unspecified atom stereocenters. The number of rotatable bonds is 7. The fourth-order valence-corrected chi connectivity index (χ4v) is 4.24. The largest absolute Gasteiger partial charge is 0.496 e. The molecule has 0 N–H and O–H groups in total. The van der Waals surface area contributed by atoms with Gasteiger partial charge in [0, 0.05) is 11.1 Å². The number of hydrogen-bond acceptors (Lipinski definition) is 6. The van der Waals surface area contributed by atoms with Crippen molar-refractivity contribution in [3.05, 3.63) is 47.5 Å². The highest BCUT2D eigenvalue weighted by molar-refractivity contribution is 8.76. The number of ether oxygens (including phenoxy) is 2. The Labute approximate surface area is 149 Å². The molecule has 0 fully saturated rings. The molecule has 6 heteroatoms. The van der Waals surface area contributed by atoms with E-state index in [4.69, 9.17) is 9.47 Å². The second-order valence-corrected chi connectivity index (χ2v) is 7.22. The Morgan fingerprint density at radius 1 is 0.750 bits per heavy atom. The molecular weight excluding hydrogens is 344 g/mol. The van der Waals surface area contributed by atoms with E-state index in [0.717, 1.165) is 9.79 Å². The number of carbonyl (C=O) groups excluding carboxylic acids is 2. The van der Waals surface area contributed by atoms with Crippen LogP contribution >= 0.6 is 21.6 Å². The molecular formula is C18H18O4S2. The summed E-state index contributed by atoms with van der Waals surface area (Å²) in [5, 5.41) is 0. The third-order valence-electron chi connectivity index (χ3n) is 3.36. The third-order valence-corrected chi connectivity index (χ3v) is 5.81. The lowest BCUT2D eigenvalue weighted by molar-refractivity contribution is 0.100. The number of Topliss-reactive ketones (excluding diaryl/α,β-unsaturated/α-hetero) is 2. The van der Waals surface area contributed by atoms with Crippen LogP contribution in [0.25, 0.3) is 0 Å². The maximum atomic E-state index is 11.5. The molecule has 4 nitrogen and oxygen atoms in total. The molecule has 0 aliphatic heterocycles. The molecule has 0 aliphatic rings. The summed E-state index contributed by atoms with van der Waals surface area (Å²) in [6.07, 6.45) is 0. The Morgan fingerprint density at radius 2 is 1.12 bits per heavy atom. The van der Waals surface area contributed by atoms with Gasteiger partial charge in [0.05, 0.1) is 24.0 Å². The second-order valence-electron chi connectivity index (χ2n) is 5.01. The Balaban J connectivity index is 2.21. The normalized spacial score (nSPS) is 10.3. The average molecular weight is 362 g/mol. The van der Waals surface area contributed by atoms with Crippen molar-refractivity contribution in [2.45, 2.75) is 23.6 Å². The van der Waals surface area contributed by atoms with E-state index >= 15 is 0 Å². The molecule has 0 saturated heterocycles. The zero-order valence-corrected chi connectivity index (χ0v) is 15.5. The van der Waals surface area contributed by atoms with Crippen LogP contribution in [0.4, 0.5) is 0 Å². The number of methoxy groups -OCH3 is 2. The Bertz CT molecular complexity index is 706. The van der Waals surface area contributed by atoms with Crippen LogP contribution < -0.4 is 9.47 Å². The van der Waals surface area contributed by atoms with E-state index in [-0.39, 0.29) is 11.6 Å². The van der Waals surface area contributed by atoms with Crippen LogP contribution in [0.1, 0.15) is 34.6 Å². The summed E-state index contributed by atoms with van der Waals surface area (Å²) in [6, 6.07) is 10.8.